The number of hydrogen-bond donors (Lipinski definition) is 4. The second kappa shape index (κ2) is 17.1. The molecule has 0 fully saturated rings. The van der Waals surface area contributed by atoms with Crippen LogP contribution in [0.2, 0.25) is 0 Å². The minimum Gasteiger partial charge on any atom is -0.481 e. The summed E-state index contributed by atoms with van der Waals surface area (Å²) in [6.45, 7) is 5.80. The molecule has 3 atom stereocenters. The Bertz CT molecular complexity index is 2410. The number of carboxylic acid groups (broad SMARTS) is 1. The van der Waals surface area contributed by atoms with Gasteiger partial charge in [0, 0.05) is 17.1 Å². The first-order valence-electron chi connectivity index (χ1n) is 19.4. The summed E-state index contributed by atoms with van der Waals surface area (Å²) in [6.07, 6.45) is 1.85. The molecule has 0 saturated heterocycles. The lowest BCUT2D eigenvalue weighted by atomic mass is 9.84. The van der Waals surface area contributed by atoms with Crippen molar-refractivity contribution in [3.63, 3.8) is 0 Å². The zero-order chi connectivity index (χ0) is 41.9. The smallest absolute Gasteiger partial charge is 0.417 e. The fraction of sp³-hybridized carbons (Fsp3) is 0.333. The van der Waals surface area contributed by atoms with E-state index in [0.29, 0.717) is 27.3 Å². The van der Waals surface area contributed by atoms with Crippen molar-refractivity contribution in [3.8, 4) is 11.1 Å². The maximum atomic E-state index is 14.8. The SMILES string of the molecule is C[C@H](N)C(=O)N(C(=O)OC(C)(C)C)[C@@H](CC(=O)O)C(=O)N(C(=O)Cc1cc(-c2ccc3ccccc3c2)cc2c1CCCC2)C(=O)[C@@H](N)Cc1c[nH]c2ccccc12. The Morgan fingerprint density at radius 1 is 0.810 bits per heavy atom. The maximum absolute atomic E-state index is 14.8. The molecule has 1 aliphatic rings. The fourth-order valence-corrected chi connectivity index (χ4v) is 7.54. The monoisotopic (exact) mass is 787 g/mol. The molecule has 302 valence electrons. The standard InChI is InChI=1S/C45H49N5O8/c1-26(46)41(54)49(44(57)58-45(2,3)4)38(24-40(52)53)43(56)50(42(55)36(47)22-33-25-48-37-16-10-9-15-35(33)37)39(51)23-32-21-31(20-30-13-7-8-14-34(30)32)29-18-17-27-11-5-6-12-28(27)19-29/h5-6,9-12,15-21,25-26,36,38,48H,7-8,13-14,22-24,46-47H2,1-4H3,(H,52,53)/t26-,36-,38-/m0/s1. The average Bonchev–Trinajstić information content (AvgIpc) is 3.58. The van der Waals surface area contributed by atoms with Gasteiger partial charge < -0.3 is 26.3 Å². The molecule has 4 aromatic carbocycles. The number of aromatic amines is 1. The number of fused-ring (bicyclic) bond motifs is 3. The molecule has 5 amide bonds. The molecular weight excluding hydrogens is 739 g/mol. The summed E-state index contributed by atoms with van der Waals surface area (Å²) >= 11 is 0. The van der Waals surface area contributed by atoms with E-state index in [1.807, 2.05) is 66.7 Å². The number of aryl methyl sites for hydroxylation is 1. The van der Waals surface area contributed by atoms with Gasteiger partial charge in [0.2, 0.25) is 11.8 Å². The zero-order valence-electron chi connectivity index (χ0n) is 33.1. The third kappa shape index (κ3) is 9.17. The minimum absolute atomic E-state index is 0.106. The van der Waals surface area contributed by atoms with Crippen LogP contribution in [0.3, 0.4) is 0 Å². The maximum Gasteiger partial charge on any atom is 0.417 e. The van der Waals surface area contributed by atoms with Crippen LogP contribution in [0, 0.1) is 0 Å². The third-order valence-corrected chi connectivity index (χ3v) is 10.3. The molecule has 5 aromatic rings. The van der Waals surface area contributed by atoms with Gasteiger partial charge in [0.25, 0.3) is 11.8 Å². The van der Waals surface area contributed by atoms with Crippen molar-refractivity contribution in [2.75, 3.05) is 0 Å². The molecule has 58 heavy (non-hydrogen) atoms. The molecule has 13 nitrogen and oxygen atoms in total. The molecule has 1 aromatic heterocycles. The van der Waals surface area contributed by atoms with Crippen LogP contribution in [-0.4, -0.2) is 79.3 Å². The summed E-state index contributed by atoms with van der Waals surface area (Å²) in [5, 5.41) is 12.9. The van der Waals surface area contributed by atoms with Crippen LogP contribution in [-0.2, 0) is 54.4 Å². The highest BCUT2D eigenvalue weighted by Crippen LogP contribution is 2.33. The van der Waals surface area contributed by atoms with E-state index in [4.69, 9.17) is 16.2 Å². The zero-order valence-corrected chi connectivity index (χ0v) is 33.1. The summed E-state index contributed by atoms with van der Waals surface area (Å²) in [6, 6.07) is 20.3. The Labute approximate surface area is 336 Å². The first-order chi connectivity index (χ1) is 27.5. The van der Waals surface area contributed by atoms with Crippen molar-refractivity contribution in [1.29, 1.82) is 0 Å². The van der Waals surface area contributed by atoms with Crippen LogP contribution in [0.25, 0.3) is 32.8 Å². The number of para-hydroxylation sites is 1. The number of nitrogens with one attached hydrogen (secondary N) is 1. The number of carboxylic acids is 1. The van der Waals surface area contributed by atoms with E-state index >= 15 is 0 Å². The molecule has 6 N–H and O–H groups in total. The summed E-state index contributed by atoms with van der Waals surface area (Å²) in [5.74, 6) is -6.29. The van der Waals surface area contributed by atoms with Gasteiger partial charge in [-0.1, -0.05) is 66.7 Å². The highest BCUT2D eigenvalue weighted by molar-refractivity contribution is 6.16. The molecule has 0 radical (unpaired) electrons. The van der Waals surface area contributed by atoms with Crippen molar-refractivity contribution >= 4 is 57.4 Å². The minimum atomic E-state index is -2.20. The van der Waals surface area contributed by atoms with Crippen molar-refractivity contribution in [2.45, 2.75) is 96.4 Å². The Kier molecular flexibility index (Phi) is 12.2. The average molecular weight is 788 g/mol. The number of imide groups is 4. The number of nitrogens with two attached hydrogens (primary N) is 2. The van der Waals surface area contributed by atoms with Crippen molar-refractivity contribution in [1.82, 2.24) is 14.8 Å². The van der Waals surface area contributed by atoms with Crippen LogP contribution in [0.4, 0.5) is 4.79 Å². The molecule has 0 saturated carbocycles. The number of hydrogen-bond acceptors (Lipinski definition) is 9. The van der Waals surface area contributed by atoms with Gasteiger partial charge in [-0.25, -0.2) is 14.6 Å². The number of carbonyl (C=O) groups is 6. The first kappa shape index (κ1) is 41.5. The highest BCUT2D eigenvalue weighted by atomic mass is 16.6. The van der Waals surface area contributed by atoms with E-state index in [1.165, 1.54) is 27.7 Å². The second-order valence-corrected chi connectivity index (χ2v) is 15.9. The number of aliphatic carboxylic acids is 1. The van der Waals surface area contributed by atoms with E-state index in [1.54, 1.807) is 6.20 Å². The van der Waals surface area contributed by atoms with Crippen molar-refractivity contribution in [2.24, 2.45) is 11.5 Å². The molecule has 6 rings (SSSR count). The summed E-state index contributed by atoms with van der Waals surface area (Å²) in [7, 11) is 0. The lowest BCUT2D eigenvalue weighted by molar-refractivity contribution is -0.161. The van der Waals surface area contributed by atoms with Crippen LogP contribution < -0.4 is 11.5 Å². The van der Waals surface area contributed by atoms with Gasteiger partial charge in [0.15, 0.2) is 0 Å². The summed E-state index contributed by atoms with van der Waals surface area (Å²) < 4.78 is 5.43. The Balaban J connectivity index is 1.44. The second-order valence-electron chi connectivity index (χ2n) is 15.9. The van der Waals surface area contributed by atoms with E-state index in [-0.39, 0.29) is 6.42 Å². The van der Waals surface area contributed by atoms with Gasteiger partial charge in [-0.2, -0.15) is 0 Å². The van der Waals surface area contributed by atoms with Gasteiger partial charge in [0.05, 0.1) is 24.9 Å². The molecule has 0 unspecified atom stereocenters. The molecule has 1 heterocycles. The fourth-order valence-electron chi connectivity index (χ4n) is 7.54. The molecule has 0 aliphatic heterocycles. The quantitative estimate of drug-likeness (QED) is 0.126. The number of carbonyl (C=O) groups excluding carboxylic acids is 5. The number of aromatic nitrogens is 1. The topological polar surface area (TPSA) is 206 Å². The van der Waals surface area contributed by atoms with Gasteiger partial charge in [-0.15, -0.1) is 0 Å². The van der Waals surface area contributed by atoms with E-state index in [2.05, 4.69) is 17.1 Å². The van der Waals surface area contributed by atoms with Gasteiger partial charge in [0.1, 0.15) is 11.6 Å². The lowest BCUT2D eigenvalue weighted by Crippen LogP contribution is -2.61. The number of nitrogens with zero attached hydrogens (tertiary/aromatic N) is 2. The van der Waals surface area contributed by atoms with Gasteiger partial charge >= 0.3 is 12.1 Å². The molecular formula is C45H49N5O8. The Morgan fingerprint density at radius 3 is 2.21 bits per heavy atom. The van der Waals surface area contributed by atoms with E-state index in [9.17, 15) is 33.9 Å². The summed E-state index contributed by atoms with van der Waals surface area (Å²) in [4.78, 5) is 87.5. The Hall–Kier alpha value is -6.18. The normalized spacial score (nSPS) is 14.2. The van der Waals surface area contributed by atoms with Crippen molar-refractivity contribution in [3.05, 3.63) is 107 Å². The van der Waals surface area contributed by atoms with Gasteiger partial charge in [-0.3, -0.25) is 24.0 Å². The number of benzene rings is 4. The number of ether oxygens (including phenoxy) is 1. The molecule has 1 aliphatic carbocycles. The number of amides is 5. The third-order valence-electron chi connectivity index (χ3n) is 10.3. The van der Waals surface area contributed by atoms with Crippen LogP contribution in [0.15, 0.2) is 85.1 Å². The van der Waals surface area contributed by atoms with E-state index in [0.717, 1.165) is 63.2 Å². The molecule has 0 bridgehead atoms. The Morgan fingerprint density at radius 2 is 1.50 bits per heavy atom. The molecule has 0 spiro atoms. The molecule has 13 heteroatoms. The van der Waals surface area contributed by atoms with Crippen molar-refractivity contribution < 1.29 is 38.6 Å². The van der Waals surface area contributed by atoms with E-state index < -0.39 is 72.3 Å². The van der Waals surface area contributed by atoms with Crippen LogP contribution >= 0.6 is 0 Å². The van der Waals surface area contributed by atoms with Crippen LogP contribution in [0.5, 0.6) is 0 Å². The highest BCUT2D eigenvalue weighted by Gasteiger charge is 2.45. The van der Waals surface area contributed by atoms with Crippen LogP contribution in [0.1, 0.15) is 69.2 Å². The number of H-pyrrole nitrogens is 1. The predicted molar refractivity (Wildman–Crippen MR) is 219 cm³/mol. The summed E-state index contributed by atoms with van der Waals surface area (Å²) in [5.41, 5.74) is 17.0. The largest absolute Gasteiger partial charge is 0.481 e. The first-order valence-corrected chi connectivity index (χ1v) is 19.4. The van der Waals surface area contributed by atoms with Gasteiger partial charge in [-0.05, 0) is 116 Å². The lowest BCUT2D eigenvalue weighted by Gasteiger charge is -2.34. The predicted octanol–water partition coefficient (Wildman–Crippen LogP) is 5.82. The number of rotatable bonds is 11.